The van der Waals surface area contributed by atoms with Crippen molar-refractivity contribution < 1.29 is 13.5 Å². The van der Waals surface area contributed by atoms with E-state index in [4.69, 9.17) is 4.74 Å². The minimum absolute atomic E-state index is 0.336. The van der Waals surface area contributed by atoms with Crippen LogP contribution >= 0.6 is 0 Å². The molecule has 0 aliphatic rings. The minimum Gasteiger partial charge on any atom is -0.497 e. The van der Waals surface area contributed by atoms with Crippen LogP contribution in [0.3, 0.4) is 0 Å². The Hall–Kier alpha value is -2.69. The predicted molar refractivity (Wildman–Crippen MR) is 77.9 cm³/mol. The fourth-order valence-electron chi connectivity index (χ4n) is 2.14. The number of rotatable bonds is 3. The minimum atomic E-state index is -0.631. The molecule has 106 valence electrons. The summed E-state index contributed by atoms with van der Waals surface area (Å²) in [6, 6.07) is 10.5. The topological polar surface area (TPSA) is 34.1 Å². The number of fused-ring (bicyclic) bond motifs is 1. The van der Waals surface area contributed by atoms with Crippen molar-refractivity contribution in [2.45, 2.75) is 0 Å². The third-order valence-corrected chi connectivity index (χ3v) is 3.09. The number of ether oxygens (including phenoxy) is 1. The average molecular weight is 286 g/mol. The Morgan fingerprint density at radius 1 is 1.00 bits per heavy atom. The summed E-state index contributed by atoms with van der Waals surface area (Å²) in [5.41, 5.74) is 1.80. The van der Waals surface area contributed by atoms with E-state index in [0.29, 0.717) is 17.1 Å². The molecule has 3 rings (SSSR count). The van der Waals surface area contributed by atoms with Gasteiger partial charge in [-0.3, -0.25) is 4.98 Å². The van der Waals surface area contributed by atoms with Crippen molar-refractivity contribution >= 4 is 22.3 Å². The van der Waals surface area contributed by atoms with Crippen molar-refractivity contribution in [1.29, 1.82) is 0 Å². The molecule has 0 aliphatic carbocycles. The van der Waals surface area contributed by atoms with Gasteiger partial charge in [0.15, 0.2) is 0 Å². The van der Waals surface area contributed by atoms with Gasteiger partial charge in [-0.1, -0.05) is 0 Å². The molecule has 0 radical (unpaired) electrons. The summed E-state index contributed by atoms with van der Waals surface area (Å²) in [7, 11) is 1.58. The number of benzene rings is 2. The van der Waals surface area contributed by atoms with E-state index in [1.165, 1.54) is 12.1 Å². The van der Waals surface area contributed by atoms with Gasteiger partial charge < -0.3 is 10.1 Å². The first-order valence-electron chi connectivity index (χ1n) is 6.31. The van der Waals surface area contributed by atoms with Crippen molar-refractivity contribution in [2.75, 3.05) is 12.4 Å². The van der Waals surface area contributed by atoms with E-state index < -0.39 is 11.6 Å². The van der Waals surface area contributed by atoms with E-state index in [9.17, 15) is 8.78 Å². The van der Waals surface area contributed by atoms with Crippen molar-refractivity contribution in [3.05, 3.63) is 60.3 Å². The highest BCUT2D eigenvalue weighted by atomic mass is 19.1. The highest BCUT2D eigenvalue weighted by Gasteiger charge is 2.06. The van der Waals surface area contributed by atoms with Crippen LogP contribution in [0.4, 0.5) is 20.2 Å². The quantitative estimate of drug-likeness (QED) is 0.781. The van der Waals surface area contributed by atoms with Crippen LogP contribution in [-0.2, 0) is 0 Å². The normalized spacial score (nSPS) is 10.6. The number of pyridine rings is 1. The number of halogens is 2. The van der Waals surface area contributed by atoms with Gasteiger partial charge in [-0.25, -0.2) is 8.78 Å². The molecule has 1 heterocycles. The number of methoxy groups -OCH3 is 1. The van der Waals surface area contributed by atoms with E-state index in [2.05, 4.69) is 10.3 Å². The summed E-state index contributed by atoms with van der Waals surface area (Å²) in [5, 5.41) is 3.81. The van der Waals surface area contributed by atoms with Gasteiger partial charge in [-0.2, -0.15) is 0 Å². The second-order valence-corrected chi connectivity index (χ2v) is 4.52. The number of nitrogens with one attached hydrogen (secondary N) is 1. The third-order valence-electron chi connectivity index (χ3n) is 3.09. The van der Waals surface area contributed by atoms with Gasteiger partial charge in [0.1, 0.15) is 17.4 Å². The van der Waals surface area contributed by atoms with E-state index in [0.717, 1.165) is 17.0 Å². The summed E-state index contributed by atoms with van der Waals surface area (Å²) in [6.07, 6.45) is 1.63. The van der Waals surface area contributed by atoms with Crippen LogP contribution in [0, 0.1) is 11.6 Å². The number of nitrogens with zero attached hydrogens (tertiary/aromatic N) is 1. The fourth-order valence-corrected chi connectivity index (χ4v) is 2.14. The lowest BCUT2D eigenvalue weighted by Gasteiger charge is -2.10. The molecule has 2 aromatic carbocycles. The van der Waals surface area contributed by atoms with E-state index in [-0.39, 0.29) is 0 Å². The lowest BCUT2D eigenvalue weighted by Crippen LogP contribution is -1.95. The van der Waals surface area contributed by atoms with Crippen molar-refractivity contribution in [3.8, 4) is 5.75 Å². The second kappa shape index (κ2) is 5.36. The molecule has 0 atom stereocenters. The first-order chi connectivity index (χ1) is 10.2. The van der Waals surface area contributed by atoms with Crippen molar-refractivity contribution in [2.24, 2.45) is 0 Å². The maximum absolute atomic E-state index is 13.3. The monoisotopic (exact) mass is 286 g/mol. The Kier molecular flexibility index (Phi) is 3.39. The van der Waals surface area contributed by atoms with Crippen LogP contribution in [0.2, 0.25) is 0 Å². The Morgan fingerprint density at radius 3 is 2.48 bits per heavy atom. The molecule has 0 saturated heterocycles. The van der Waals surface area contributed by atoms with E-state index >= 15 is 0 Å². The third kappa shape index (κ3) is 2.76. The molecule has 1 N–H and O–H groups in total. The highest BCUT2D eigenvalue weighted by molar-refractivity contribution is 5.93. The molecule has 3 nitrogen and oxygen atoms in total. The molecule has 5 heteroatoms. The molecule has 1 aromatic heterocycles. The van der Waals surface area contributed by atoms with Gasteiger partial charge in [-0.05, 0) is 36.4 Å². The van der Waals surface area contributed by atoms with Gasteiger partial charge in [-0.15, -0.1) is 0 Å². The molecule has 0 bridgehead atoms. The second-order valence-electron chi connectivity index (χ2n) is 4.52. The SMILES string of the molecule is COc1ccc2nccc(Nc3cc(F)cc(F)c3)c2c1. The van der Waals surface area contributed by atoms with Gasteiger partial charge in [0.25, 0.3) is 0 Å². The van der Waals surface area contributed by atoms with Gasteiger partial charge >= 0.3 is 0 Å². The first kappa shape index (κ1) is 13.3. The van der Waals surface area contributed by atoms with Gasteiger partial charge in [0, 0.05) is 29.0 Å². The Morgan fingerprint density at radius 2 is 1.76 bits per heavy atom. The van der Waals surface area contributed by atoms with Crippen LogP contribution in [0.5, 0.6) is 5.75 Å². The molecule has 0 unspecified atom stereocenters. The van der Waals surface area contributed by atoms with Crippen LogP contribution in [0.1, 0.15) is 0 Å². The molecule has 3 aromatic rings. The average Bonchev–Trinajstić information content (AvgIpc) is 2.46. The zero-order chi connectivity index (χ0) is 14.8. The Labute approximate surface area is 120 Å². The van der Waals surface area contributed by atoms with Gasteiger partial charge in [0.05, 0.1) is 12.6 Å². The van der Waals surface area contributed by atoms with Crippen molar-refractivity contribution in [1.82, 2.24) is 4.98 Å². The molecule has 0 amide bonds. The maximum atomic E-state index is 13.3. The molecule has 0 spiro atoms. The number of hydrogen-bond acceptors (Lipinski definition) is 3. The number of anilines is 2. The molecule has 21 heavy (non-hydrogen) atoms. The molecule has 0 saturated carbocycles. The maximum Gasteiger partial charge on any atom is 0.128 e. The van der Waals surface area contributed by atoms with Crippen LogP contribution in [-0.4, -0.2) is 12.1 Å². The largest absolute Gasteiger partial charge is 0.497 e. The number of aromatic nitrogens is 1. The summed E-state index contributed by atoms with van der Waals surface area (Å²) >= 11 is 0. The predicted octanol–water partition coefficient (Wildman–Crippen LogP) is 4.27. The summed E-state index contributed by atoms with van der Waals surface area (Å²) in [5.74, 6) is -0.578. The fraction of sp³-hybridized carbons (Fsp3) is 0.0625. The molecular formula is C16H12F2N2O. The lowest BCUT2D eigenvalue weighted by atomic mass is 10.1. The Bertz CT molecular complexity index is 785. The Balaban J connectivity index is 2.07. The molecule has 0 fully saturated rings. The highest BCUT2D eigenvalue weighted by Crippen LogP contribution is 2.28. The van der Waals surface area contributed by atoms with Crippen molar-refractivity contribution in [3.63, 3.8) is 0 Å². The van der Waals surface area contributed by atoms with Crippen LogP contribution in [0.15, 0.2) is 48.7 Å². The zero-order valence-corrected chi connectivity index (χ0v) is 11.2. The smallest absolute Gasteiger partial charge is 0.128 e. The summed E-state index contributed by atoms with van der Waals surface area (Å²) in [6.45, 7) is 0. The van der Waals surface area contributed by atoms with Gasteiger partial charge in [0.2, 0.25) is 0 Å². The van der Waals surface area contributed by atoms with Crippen LogP contribution < -0.4 is 10.1 Å². The van der Waals surface area contributed by atoms with E-state index in [1.54, 1.807) is 25.4 Å². The lowest BCUT2D eigenvalue weighted by molar-refractivity contribution is 0.415. The number of hydrogen-bond donors (Lipinski definition) is 1. The van der Waals surface area contributed by atoms with Crippen LogP contribution in [0.25, 0.3) is 10.9 Å². The standard InChI is InChI=1S/C16H12F2N2O/c1-21-13-2-3-15-14(9-13)16(4-5-19-15)20-12-7-10(17)6-11(18)8-12/h2-9H,1H3,(H,19,20). The first-order valence-corrected chi connectivity index (χ1v) is 6.31. The zero-order valence-electron chi connectivity index (χ0n) is 11.2. The molecule has 0 aliphatic heterocycles. The van der Waals surface area contributed by atoms with E-state index in [1.807, 2.05) is 12.1 Å². The summed E-state index contributed by atoms with van der Waals surface area (Å²) in [4.78, 5) is 4.25. The summed E-state index contributed by atoms with van der Waals surface area (Å²) < 4.78 is 31.7. The molecular weight excluding hydrogens is 274 g/mol.